The van der Waals surface area contributed by atoms with Gasteiger partial charge in [-0.25, -0.2) is 0 Å². The van der Waals surface area contributed by atoms with Gasteiger partial charge < -0.3 is 19.7 Å². The standard InChI is InChI=1S/2C25H25NO3/c2*1-29-24(28)23-17-22(27)18-26(23)25(19-11-5-2-6-12-19,20-13-7-3-8-14-20)21-15-9-4-10-16-21/h2*2-16,22-23,27H,17-18H2,1H3/t2*22-,23-/m11/s1. The molecule has 8 nitrogen and oxygen atoms in total. The number of aliphatic hydroxyl groups is 2. The summed E-state index contributed by atoms with van der Waals surface area (Å²) < 4.78 is 10.2. The number of rotatable bonds is 10. The van der Waals surface area contributed by atoms with Gasteiger partial charge in [0.25, 0.3) is 0 Å². The zero-order valence-corrected chi connectivity index (χ0v) is 32.9. The number of methoxy groups -OCH3 is 2. The summed E-state index contributed by atoms with van der Waals surface area (Å²) in [5.74, 6) is -0.651. The summed E-state index contributed by atoms with van der Waals surface area (Å²) in [7, 11) is 2.81. The fourth-order valence-electron chi connectivity index (χ4n) is 9.16. The Hall–Kier alpha value is -5.90. The van der Waals surface area contributed by atoms with E-state index < -0.39 is 35.4 Å². The van der Waals surface area contributed by atoms with Crippen LogP contribution in [0.2, 0.25) is 0 Å². The maximum absolute atomic E-state index is 12.7. The summed E-state index contributed by atoms with van der Waals surface area (Å²) in [5.41, 5.74) is 4.78. The van der Waals surface area contributed by atoms with Gasteiger partial charge in [-0.1, -0.05) is 182 Å². The number of carbonyl (C=O) groups excluding carboxylic acids is 2. The molecule has 58 heavy (non-hydrogen) atoms. The molecule has 8 heteroatoms. The molecule has 0 amide bonds. The first-order chi connectivity index (χ1) is 28.3. The molecule has 4 atom stereocenters. The second-order valence-corrected chi connectivity index (χ2v) is 14.8. The summed E-state index contributed by atoms with van der Waals surface area (Å²) in [6.07, 6.45) is -0.508. The van der Waals surface area contributed by atoms with Crippen LogP contribution in [-0.4, -0.2) is 83.6 Å². The van der Waals surface area contributed by atoms with Gasteiger partial charge in [-0.3, -0.25) is 19.4 Å². The number of esters is 2. The second kappa shape index (κ2) is 18.1. The van der Waals surface area contributed by atoms with Crippen LogP contribution in [0.1, 0.15) is 46.2 Å². The van der Waals surface area contributed by atoms with Crippen molar-refractivity contribution in [3.05, 3.63) is 215 Å². The van der Waals surface area contributed by atoms with Crippen LogP contribution in [0.5, 0.6) is 0 Å². The van der Waals surface area contributed by atoms with E-state index in [0.717, 1.165) is 33.4 Å². The summed E-state index contributed by atoms with van der Waals surface area (Å²) in [6.45, 7) is 0.747. The first-order valence-electron chi connectivity index (χ1n) is 19.7. The molecule has 2 N–H and O–H groups in total. The van der Waals surface area contributed by atoms with E-state index in [1.54, 1.807) is 0 Å². The molecule has 0 spiro atoms. The van der Waals surface area contributed by atoms with Crippen molar-refractivity contribution in [2.45, 2.75) is 48.2 Å². The molecule has 296 valence electrons. The van der Waals surface area contributed by atoms with Gasteiger partial charge >= 0.3 is 11.9 Å². The molecular formula is C50H50N2O6. The molecule has 2 saturated heterocycles. The van der Waals surface area contributed by atoms with Gasteiger partial charge in [0.2, 0.25) is 0 Å². The number of benzene rings is 6. The summed E-state index contributed by atoms with van der Waals surface area (Å²) in [4.78, 5) is 29.7. The highest BCUT2D eigenvalue weighted by molar-refractivity contribution is 5.77. The Morgan fingerprint density at radius 2 is 0.638 bits per heavy atom. The Bertz CT molecular complexity index is 1850. The molecule has 0 unspecified atom stereocenters. The van der Waals surface area contributed by atoms with Crippen molar-refractivity contribution < 1.29 is 29.3 Å². The summed E-state index contributed by atoms with van der Waals surface area (Å²) >= 11 is 0. The number of carbonyl (C=O) groups is 2. The van der Waals surface area contributed by atoms with E-state index in [-0.39, 0.29) is 11.9 Å². The Morgan fingerprint density at radius 1 is 0.431 bits per heavy atom. The molecule has 8 rings (SSSR count). The predicted molar refractivity (Wildman–Crippen MR) is 225 cm³/mol. The van der Waals surface area contributed by atoms with Crippen molar-refractivity contribution in [3.63, 3.8) is 0 Å². The molecule has 2 aliphatic heterocycles. The van der Waals surface area contributed by atoms with Gasteiger partial charge in [0.1, 0.15) is 12.1 Å². The molecule has 6 aromatic carbocycles. The lowest BCUT2D eigenvalue weighted by Gasteiger charge is -2.45. The SMILES string of the molecule is COC(=O)[C@H]1C[C@@H](O)CN1C(c1ccccc1)(c1ccccc1)c1ccccc1.COC(=O)[C@H]1C[C@@H](O)CN1C(c1ccccc1)(c1ccccc1)c1ccccc1. The molecule has 0 bridgehead atoms. The van der Waals surface area contributed by atoms with E-state index in [9.17, 15) is 19.8 Å². The lowest BCUT2D eigenvalue weighted by Crippen LogP contribution is -2.53. The number of aliphatic hydroxyl groups excluding tert-OH is 2. The molecular weight excluding hydrogens is 725 g/mol. The highest BCUT2D eigenvalue weighted by atomic mass is 16.5. The van der Waals surface area contributed by atoms with Crippen molar-refractivity contribution >= 4 is 11.9 Å². The van der Waals surface area contributed by atoms with Gasteiger partial charge in [-0.2, -0.15) is 0 Å². The van der Waals surface area contributed by atoms with Crippen LogP contribution in [0.25, 0.3) is 0 Å². The predicted octanol–water partition coefficient (Wildman–Crippen LogP) is 7.17. The number of hydrogen-bond donors (Lipinski definition) is 2. The number of nitrogens with zero attached hydrogens (tertiary/aromatic N) is 2. The van der Waals surface area contributed by atoms with Crippen molar-refractivity contribution in [2.24, 2.45) is 0 Å². The normalized spacial score (nSPS) is 19.8. The lowest BCUT2D eigenvalue weighted by atomic mass is 9.75. The van der Waals surface area contributed by atoms with E-state index in [1.165, 1.54) is 14.2 Å². The monoisotopic (exact) mass is 774 g/mol. The minimum absolute atomic E-state index is 0.325. The average Bonchev–Trinajstić information content (AvgIpc) is 3.88. The van der Waals surface area contributed by atoms with E-state index in [1.807, 2.05) is 109 Å². The quantitative estimate of drug-likeness (QED) is 0.112. The molecule has 0 radical (unpaired) electrons. The molecule has 0 aromatic heterocycles. The van der Waals surface area contributed by atoms with Crippen LogP contribution in [0.3, 0.4) is 0 Å². The van der Waals surface area contributed by atoms with Crippen LogP contribution in [0, 0.1) is 0 Å². The Kier molecular flexibility index (Phi) is 12.6. The summed E-state index contributed by atoms with van der Waals surface area (Å²) in [6, 6.07) is 59.9. The minimum atomic E-state index is -0.736. The van der Waals surface area contributed by atoms with Gasteiger partial charge in [-0.05, 0) is 33.4 Å². The lowest BCUT2D eigenvalue weighted by molar-refractivity contribution is -0.148. The van der Waals surface area contributed by atoms with Crippen LogP contribution in [0.15, 0.2) is 182 Å². The zero-order chi connectivity index (χ0) is 40.5. The minimum Gasteiger partial charge on any atom is -0.468 e. The molecule has 2 aliphatic rings. The molecule has 2 heterocycles. The van der Waals surface area contributed by atoms with Crippen molar-refractivity contribution in [3.8, 4) is 0 Å². The molecule has 0 saturated carbocycles. The molecule has 6 aromatic rings. The summed E-state index contributed by atoms with van der Waals surface area (Å²) in [5, 5.41) is 21.1. The van der Waals surface area contributed by atoms with Crippen LogP contribution in [0.4, 0.5) is 0 Å². The van der Waals surface area contributed by atoms with Crippen molar-refractivity contribution in [1.29, 1.82) is 0 Å². The van der Waals surface area contributed by atoms with Gasteiger partial charge in [0.05, 0.1) is 37.5 Å². The zero-order valence-electron chi connectivity index (χ0n) is 32.9. The van der Waals surface area contributed by atoms with E-state index in [0.29, 0.717) is 25.9 Å². The first-order valence-corrected chi connectivity index (χ1v) is 19.7. The fraction of sp³-hybridized carbons (Fsp3) is 0.240. The van der Waals surface area contributed by atoms with Crippen LogP contribution >= 0.6 is 0 Å². The number of hydrogen-bond acceptors (Lipinski definition) is 8. The second-order valence-electron chi connectivity index (χ2n) is 14.8. The highest BCUT2D eigenvalue weighted by Crippen LogP contribution is 2.47. The number of likely N-dealkylation sites (tertiary alicyclic amines) is 2. The van der Waals surface area contributed by atoms with Gasteiger partial charge in [0.15, 0.2) is 0 Å². The number of β-amino-alcohol motifs (C(OH)–C–C–N with tert-alkyl or cyclic N) is 2. The van der Waals surface area contributed by atoms with E-state index in [4.69, 9.17) is 9.47 Å². The highest BCUT2D eigenvalue weighted by Gasteiger charge is 2.53. The van der Waals surface area contributed by atoms with E-state index >= 15 is 0 Å². The average molecular weight is 775 g/mol. The third-order valence-electron chi connectivity index (χ3n) is 11.5. The third kappa shape index (κ3) is 7.60. The topological polar surface area (TPSA) is 99.5 Å². The van der Waals surface area contributed by atoms with E-state index in [2.05, 4.69) is 82.6 Å². The van der Waals surface area contributed by atoms with Crippen LogP contribution < -0.4 is 0 Å². The smallest absolute Gasteiger partial charge is 0.323 e. The van der Waals surface area contributed by atoms with Gasteiger partial charge in [-0.15, -0.1) is 0 Å². The first kappa shape index (κ1) is 40.3. The molecule has 0 aliphatic carbocycles. The number of ether oxygens (including phenoxy) is 2. The Labute approximate surface area is 340 Å². The Balaban J connectivity index is 0.000000177. The third-order valence-corrected chi connectivity index (χ3v) is 11.5. The van der Waals surface area contributed by atoms with Crippen LogP contribution in [-0.2, 0) is 30.1 Å². The maximum atomic E-state index is 12.7. The Morgan fingerprint density at radius 3 is 0.828 bits per heavy atom. The van der Waals surface area contributed by atoms with Gasteiger partial charge in [0, 0.05) is 25.9 Å². The largest absolute Gasteiger partial charge is 0.468 e. The van der Waals surface area contributed by atoms with Crippen molar-refractivity contribution in [2.75, 3.05) is 27.3 Å². The molecule has 2 fully saturated rings. The van der Waals surface area contributed by atoms with Crippen molar-refractivity contribution in [1.82, 2.24) is 9.80 Å². The maximum Gasteiger partial charge on any atom is 0.323 e. The fourth-order valence-corrected chi connectivity index (χ4v) is 9.16.